The fourth-order valence-corrected chi connectivity index (χ4v) is 3.32. The molecule has 0 atom stereocenters. The summed E-state index contributed by atoms with van der Waals surface area (Å²) in [6.07, 6.45) is 3.39. The predicted molar refractivity (Wildman–Crippen MR) is 98.6 cm³/mol. The molecule has 1 saturated heterocycles. The van der Waals surface area contributed by atoms with E-state index in [0.29, 0.717) is 18.3 Å². The van der Waals surface area contributed by atoms with Crippen molar-refractivity contribution in [1.82, 2.24) is 10.2 Å². The number of hydrogen-bond acceptors (Lipinski definition) is 4. The maximum Gasteiger partial charge on any atom is 0.289 e. The van der Waals surface area contributed by atoms with Gasteiger partial charge in [0.15, 0.2) is 5.76 Å². The van der Waals surface area contributed by atoms with E-state index in [4.69, 9.17) is 8.83 Å². The molecule has 1 N–H and O–H groups in total. The maximum atomic E-state index is 12.3. The van der Waals surface area contributed by atoms with Crippen LogP contribution in [0.4, 0.5) is 0 Å². The van der Waals surface area contributed by atoms with E-state index in [0.717, 1.165) is 43.0 Å². The first kappa shape index (κ1) is 16.7. The summed E-state index contributed by atoms with van der Waals surface area (Å²) in [6, 6.07) is 18.0. The zero-order valence-electron chi connectivity index (χ0n) is 14.6. The van der Waals surface area contributed by atoms with Gasteiger partial charge in [-0.1, -0.05) is 30.3 Å². The highest BCUT2D eigenvalue weighted by Crippen LogP contribution is 2.22. The summed E-state index contributed by atoms with van der Waals surface area (Å²) >= 11 is 0. The van der Waals surface area contributed by atoms with E-state index >= 15 is 0 Å². The number of carbonyl (C=O) groups excluding carboxylic acids is 1. The van der Waals surface area contributed by atoms with Crippen molar-refractivity contribution in [3.8, 4) is 11.3 Å². The van der Waals surface area contributed by atoms with Crippen LogP contribution in [0, 0.1) is 0 Å². The average Bonchev–Trinajstić information content (AvgIpc) is 3.39. The highest BCUT2D eigenvalue weighted by Gasteiger charge is 2.24. The fraction of sp³-hybridized carbons (Fsp3) is 0.286. The lowest BCUT2D eigenvalue weighted by Crippen LogP contribution is -2.44. The second-order valence-electron chi connectivity index (χ2n) is 6.56. The van der Waals surface area contributed by atoms with E-state index in [9.17, 15) is 4.79 Å². The number of nitrogens with one attached hydrogen (secondary N) is 1. The number of furan rings is 2. The topological polar surface area (TPSA) is 58.6 Å². The molecule has 3 aromatic rings. The number of rotatable bonds is 5. The minimum absolute atomic E-state index is 0.0213. The summed E-state index contributed by atoms with van der Waals surface area (Å²) in [5.74, 6) is 2.21. The van der Waals surface area contributed by atoms with E-state index in [-0.39, 0.29) is 5.91 Å². The minimum atomic E-state index is -0.0213. The molecule has 0 saturated carbocycles. The summed E-state index contributed by atoms with van der Waals surface area (Å²) in [7, 11) is 0. The Labute approximate surface area is 152 Å². The van der Waals surface area contributed by atoms with Crippen molar-refractivity contribution in [1.29, 1.82) is 0 Å². The number of hydrogen-bond donors (Lipinski definition) is 1. The molecule has 0 spiro atoms. The number of amides is 1. The Kier molecular flexibility index (Phi) is 4.88. The smallest absolute Gasteiger partial charge is 0.289 e. The van der Waals surface area contributed by atoms with Gasteiger partial charge in [-0.15, -0.1) is 0 Å². The Balaban J connectivity index is 1.26. The Bertz CT molecular complexity index is 831. The van der Waals surface area contributed by atoms with Gasteiger partial charge in [-0.25, -0.2) is 0 Å². The second kappa shape index (κ2) is 7.62. The molecule has 0 bridgehead atoms. The highest BCUT2D eigenvalue weighted by atomic mass is 16.3. The van der Waals surface area contributed by atoms with Crippen LogP contribution < -0.4 is 5.32 Å². The van der Waals surface area contributed by atoms with Gasteiger partial charge in [-0.2, -0.15) is 0 Å². The molecule has 2 aromatic heterocycles. The number of piperidine rings is 1. The Morgan fingerprint density at radius 3 is 2.58 bits per heavy atom. The number of nitrogens with zero attached hydrogens (tertiary/aromatic N) is 1. The molecular weight excluding hydrogens is 328 g/mol. The summed E-state index contributed by atoms with van der Waals surface area (Å²) in [5, 5.41) is 3.54. The van der Waals surface area contributed by atoms with Gasteiger partial charge in [-0.3, -0.25) is 4.79 Å². The van der Waals surface area contributed by atoms with Crippen LogP contribution in [-0.4, -0.2) is 29.9 Å². The molecule has 26 heavy (non-hydrogen) atoms. The van der Waals surface area contributed by atoms with E-state index in [1.165, 1.54) is 6.26 Å². The third-order valence-corrected chi connectivity index (χ3v) is 4.80. The molecule has 4 rings (SSSR count). The zero-order valence-corrected chi connectivity index (χ0v) is 14.6. The molecule has 134 valence electrons. The molecule has 1 amide bonds. The third-order valence-electron chi connectivity index (χ3n) is 4.80. The predicted octanol–water partition coefficient (Wildman–Crippen LogP) is 3.93. The van der Waals surface area contributed by atoms with Crippen LogP contribution in [0.3, 0.4) is 0 Å². The molecule has 0 unspecified atom stereocenters. The summed E-state index contributed by atoms with van der Waals surface area (Å²) in [5.41, 5.74) is 1.09. The summed E-state index contributed by atoms with van der Waals surface area (Å²) in [6.45, 7) is 2.18. The molecule has 1 aliphatic rings. The standard InChI is InChI=1S/C21H22N2O3/c24-21(20-7-4-14-25-20)23-12-10-17(11-13-23)22-15-18-8-9-19(26-18)16-5-2-1-3-6-16/h1-9,14,17,22H,10-13,15H2. The SMILES string of the molecule is O=C(c1ccco1)N1CCC(NCc2ccc(-c3ccccc3)o2)CC1. The Morgan fingerprint density at radius 2 is 1.85 bits per heavy atom. The lowest BCUT2D eigenvalue weighted by Gasteiger charge is -2.31. The van der Waals surface area contributed by atoms with Crippen LogP contribution >= 0.6 is 0 Å². The van der Waals surface area contributed by atoms with Crippen LogP contribution in [0.5, 0.6) is 0 Å². The van der Waals surface area contributed by atoms with Crippen molar-refractivity contribution in [3.63, 3.8) is 0 Å². The van der Waals surface area contributed by atoms with Crippen LogP contribution in [0.1, 0.15) is 29.2 Å². The number of likely N-dealkylation sites (tertiary alicyclic amines) is 1. The van der Waals surface area contributed by atoms with Crippen molar-refractivity contribution in [2.75, 3.05) is 13.1 Å². The molecule has 5 nitrogen and oxygen atoms in total. The van der Waals surface area contributed by atoms with Crippen LogP contribution in [0.2, 0.25) is 0 Å². The first-order valence-electron chi connectivity index (χ1n) is 9.00. The molecule has 0 aliphatic carbocycles. The van der Waals surface area contributed by atoms with Gasteiger partial charge in [0.25, 0.3) is 5.91 Å². The number of carbonyl (C=O) groups is 1. The van der Waals surface area contributed by atoms with E-state index in [1.807, 2.05) is 47.4 Å². The van der Waals surface area contributed by atoms with Gasteiger partial charge in [0.1, 0.15) is 11.5 Å². The van der Waals surface area contributed by atoms with Crippen LogP contribution in [0.25, 0.3) is 11.3 Å². The molecule has 0 radical (unpaired) electrons. The first-order chi connectivity index (χ1) is 12.8. The monoisotopic (exact) mass is 350 g/mol. The van der Waals surface area contributed by atoms with E-state index in [1.54, 1.807) is 12.1 Å². The van der Waals surface area contributed by atoms with Crippen LogP contribution in [-0.2, 0) is 6.54 Å². The molecule has 3 heterocycles. The van der Waals surface area contributed by atoms with Gasteiger partial charge in [0.05, 0.1) is 12.8 Å². The summed E-state index contributed by atoms with van der Waals surface area (Å²) in [4.78, 5) is 14.1. The quantitative estimate of drug-likeness (QED) is 0.757. The Hall–Kier alpha value is -2.79. The van der Waals surface area contributed by atoms with E-state index in [2.05, 4.69) is 5.32 Å². The minimum Gasteiger partial charge on any atom is -0.460 e. The zero-order chi connectivity index (χ0) is 17.8. The first-order valence-corrected chi connectivity index (χ1v) is 9.00. The van der Waals surface area contributed by atoms with Gasteiger partial charge < -0.3 is 19.1 Å². The van der Waals surface area contributed by atoms with Gasteiger partial charge in [0, 0.05) is 24.7 Å². The third kappa shape index (κ3) is 3.73. The summed E-state index contributed by atoms with van der Waals surface area (Å²) < 4.78 is 11.1. The van der Waals surface area contributed by atoms with Crippen LogP contribution in [0.15, 0.2) is 69.7 Å². The fourth-order valence-electron chi connectivity index (χ4n) is 3.32. The maximum absolute atomic E-state index is 12.3. The lowest BCUT2D eigenvalue weighted by atomic mass is 10.0. The molecule has 1 aliphatic heterocycles. The van der Waals surface area contributed by atoms with E-state index < -0.39 is 0 Å². The molecular formula is C21H22N2O3. The van der Waals surface area contributed by atoms with Gasteiger partial charge in [-0.05, 0) is 37.1 Å². The van der Waals surface area contributed by atoms with Crippen molar-refractivity contribution in [3.05, 3.63) is 72.4 Å². The van der Waals surface area contributed by atoms with Crippen molar-refractivity contribution in [2.24, 2.45) is 0 Å². The average molecular weight is 350 g/mol. The van der Waals surface area contributed by atoms with Crippen molar-refractivity contribution in [2.45, 2.75) is 25.4 Å². The van der Waals surface area contributed by atoms with Gasteiger partial charge >= 0.3 is 0 Å². The highest BCUT2D eigenvalue weighted by molar-refractivity contribution is 5.91. The number of benzene rings is 1. The Morgan fingerprint density at radius 1 is 1.04 bits per heavy atom. The largest absolute Gasteiger partial charge is 0.460 e. The van der Waals surface area contributed by atoms with Crippen molar-refractivity contribution < 1.29 is 13.6 Å². The second-order valence-corrected chi connectivity index (χ2v) is 6.56. The lowest BCUT2D eigenvalue weighted by molar-refractivity contribution is 0.0672. The van der Waals surface area contributed by atoms with Gasteiger partial charge in [0.2, 0.25) is 0 Å². The molecule has 1 fully saturated rings. The molecule has 5 heteroatoms. The normalized spacial score (nSPS) is 15.3. The molecule has 1 aromatic carbocycles. The van der Waals surface area contributed by atoms with Crippen molar-refractivity contribution >= 4 is 5.91 Å².